The summed E-state index contributed by atoms with van der Waals surface area (Å²) >= 11 is 0. The molecule has 0 bridgehead atoms. The Balaban J connectivity index is 2.20. The summed E-state index contributed by atoms with van der Waals surface area (Å²) < 4.78 is 5.68. The molecule has 5 nitrogen and oxygen atoms in total. The van der Waals surface area contributed by atoms with E-state index in [-0.39, 0.29) is 18.0 Å². The molecule has 0 amide bonds. The molecule has 0 aromatic rings. The van der Waals surface area contributed by atoms with Crippen molar-refractivity contribution in [1.82, 2.24) is 5.06 Å². The highest BCUT2D eigenvalue weighted by Crippen LogP contribution is 2.38. The quantitative estimate of drug-likeness (QED) is 0.319. The summed E-state index contributed by atoms with van der Waals surface area (Å²) in [5, 5.41) is 11.7. The Morgan fingerprint density at radius 1 is 1.12 bits per heavy atom. The van der Waals surface area contributed by atoms with Crippen molar-refractivity contribution in [2.75, 3.05) is 0 Å². The summed E-state index contributed by atoms with van der Waals surface area (Å²) in [6, 6.07) is 0. The van der Waals surface area contributed by atoms with Gasteiger partial charge < -0.3 is 14.7 Å². The molecule has 0 saturated carbocycles. The van der Waals surface area contributed by atoms with Gasteiger partial charge in [-0.25, -0.2) is 0 Å². The second-order valence-electron chi connectivity index (χ2n) is 9.07. The van der Waals surface area contributed by atoms with Gasteiger partial charge in [-0.05, 0) is 47.0 Å². The van der Waals surface area contributed by atoms with Crippen LogP contribution in [0.1, 0.15) is 98.8 Å². The molecule has 0 radical (unpaired) electrons. The fourth-order valence-electron chi connectivity index (χ4n) is 4.08. The maximum absolute atomic E-state index is 12.1. The van der Waals surface area contributed by atoms with Crippen molar-refractivity contribution < 1.29 is 19.5 Å². The smallest absolute Gasteiger partial charge is 0.306 e. The highest BCUT2D eigenvalue weighted by atomic mass is 16.5. The molecular weight excluding hydrogens is 330 g/mol. The number of rotatable bonds is 11. The van der Waals surface area contributed by atoms with Crippen molar-refractivity contribution in [2.45, 2.75) is 116 Å². The molecule has 1 aliphatic rings. The lowest BCUT2D eigenvalue weighted by Crippen LogP contribution is -2.60. The molecule has 1 N–H and O–H groups in total. The van der Waals surface area contributed by atoms with Gasteiger partial charge in [0.1, 0.15) is 12.4 Å². The average molecular weight is 370 g/mol. The summed E-state index contributed by atoms with van der Waals surface area (Å²) in [5.74, 6) is 0.0869. The first kappa shape index (κ1) is 23.1. The molecule has 5 heteroatoms. The van der Waals surface area contributed by atoms with Crippen LogP contribution < -0.4 is 0 Å². The van der Waals surface area contributed by atoms with Crippen molar-refractivity contribution in [1.29, 1.82) is 0 Å². The molecular formula is C21H39NO4. The minimum Gasteiger partial charge on any atom is -0.462 e. The van der Waals surface area contributed by atoms with Crippen LogP contribution in [0.5, 0.6) is 0 Å². The van der Waals surface area contributed by atoms with Gasteiger partial charge in [0.15, 0.2) is 0 Å². The van der Waals surface area contributed by atoms with Crippen LogP contribution >= 0.6 is 0 Å². The van der Waals surface area contributed by atoms with Crippen LogP contribution in [0.25, 0.3) is 0 Å². The van der Waals surface area contributed by atoms with Gasteiger partial charge in [0, 0.05) is 36.3 Å². The number of esters is 1. The van der Waals surface area contributed by atoms with E-state index in [0.29, 0.717) is 19.3 Å². The van der Waals surface area contributed by atoms with E-state index in [9.17, 15) is 14.8 Å². The zero-order valence-corrected chi connectivity index (χ0v) is 17.4. The first-order valence-electron chi connectivity index (χ1n) is 10.3. The number of carbonyl (C=O) groups excluding carboxylic acids is 2. The zero-order chi connectivity index (χ0) is 19.8. The SMILES string of the molecule is CCC(C=O)CCCCCCCC(=O)OC1CC(C)(C)N(O)C(C)(C)C1. The van der Waals surface area contributed by atoms with E-state index in [1.807, 2.05) is 27.7 Å². The Hall–Kier alpha value is -0.940. The Morgan fingerprint density at radius 2 is 1.65 bits per heavy atom. The highest BCUT2D eigenvalue weighted by molar-refractivity contribution is 5.69. The Kier molecular flexibility index (Phi) is 9.25. The lowest BCUT2D eigenvalue weighted by atomic mass is 9.80. The highest BCUT2D eigenvalue weighted by Gasteiger charge is 2.46. The van der Waals surface area contributed by atoms with E-state index >= 15 is 0 Å². The molecule has 1 rings (SSSR count). The normalized spacial score (nSPS) is 21.3. The van der Waals surface area contributed by atoms with E-state index in [4.69, 9.17) is 4.74 Å². The molecule has 1 aliphatic heterocycles. The van der Waals surface area contributed by atoms with Crippen LogP contribution in [0, 0.1) is 5.92 Å². The predicted molar refractivity (Wildman–Crippen MR) is 103 cm³/mol. The minimum atomic E-state index is -0.398. The number of ether oxygens (including phenoxy) is 1. The van der Waals surface area contributed by atoms with Crippen molar-refractivity contribution in [2.24, 2.45) is 5.92 Å². The van der Waals surface area contributed by atoms with Gasteiger partial charge in [-0.15, -0.1) is 0 Å². The van der Waals surface area contributed by atoms with Gasteiger partial charge >= 0.3 is 5.97 Å². The molecule has 26 heavy (non-hydrogen) atoms. The number of nitrogens with zero attached hydrogens (tertiary/aromatic N) is 1. The third-order valence-corrected chi connectivity index (χ3v) is 5.57. The standard InChI is InChI=1S/C21H39NO4/c1-6-17(16-23)12-10-8-7-9-11-13-19(24)26-18-14-20(2,3)22(25)21(4,5)15-18/h16-18,25H,6-15H2,1-5H3. The molecule has 152 valence electrons. The van der Waals surface area contributed by atoms with Crippen molar-refractivity contribution in [3.05, 3.63) is 0 Å². The Bertz CT molecular complexity index is 429. The molecule has 1 unspecified atom stereocenters. The number of piperidine rings is 1. The van der Waals surface area contributed by atoms with Gasteiger partial charge in [-0.2, -0.15) is 5.06 Å². The molecule has 1 atom stereocenters. The van der Waals surface area contributed by atoms with Crippen LogP contribution in [0.15, 0.2) is 0 Å². The maximum atomic E-state index is 12.1. The molecule has 0 aromatic heterocycles. The van der Waals surface area contributed by atoms with Gasteiger partial charge in [0.05, 0.1) is 0 Å². The van der Waals surface area contributed by atoms with E-state index in [0.717, 1.165) is 51.2 Å². The number of hydroxylamine groups is 2. The summed E-state index contributed by atoms with van der Waals surface area (Å²) in [4.78, 5) is 22.9. The lowest BCUT2D eigenvalue weighted by Gasteiger charge is -2.50. The van der Waals surface area contributed by atoms with Crippen molar-refractivity contribution in [3.63, 3.8) is 0 Å². The van der Waals surface area contributed by atoms with Crippen LogP contribution in [0.4, 0.5) is 0 Å². The Labute approximate surface area is 159 Å². The molecule has 0 aliphatic carbocycles. The number of hydrogen-bond acceptors (Lipinski definition) is 5. The van der Waals surface area contributed by atoms with Gasteiger partial charge in [-0.1, -0.05) is 32.6 Å². The van der Waals surface area contributed by atoms with Crippen molar-refractivity contribution >= 4 is 12.3 Å². The molecule has 1 heterocycles. The molecule has 0 aromatic carbocycles. The van der Waals surface area contributed by atoms with Crippen LogP contribution in [-0.2, 0) is 14.3 Å². The third-order valence-electron chi connectivity index (χ3n) is 5.57. The zero-order valence-electron chi connectivity index (χ0n) is 17.4. The fourth-order valence-corrected chi connectivity index (χ4v) is 4.08. The van der Waals surface area contributed by atoms with Crippen molar-refractivity contribution in [3.8, 4) is 0 Å². The summed E-state index contributed by atoms with van der Waals surface area (Å²) in [5.41, 5.74) is -0.797. The van der Waals surface area contributed by atoms with Crippen LogP contribution in [0.2, 0.25) is 0 Å². The minimum absolute atomic E-state index is 0.125. The topological polar surface area (TPSA) is 66.8 Å². The predicted octanol–water partition coefficient (Wildman–Crippen LogP) is 4.90. The summed E-state index contributed by atoms with van der Waals surface area (Å²) in [7, 11) is 0. The second-order valence-corrected chi connectivity index (χ2v) is 9.07. The van der Waals surface area contributed by atoms with E-state index in [1.54, 1.807) is 0 Å². The average Bonchev–Trinajstić information content (AvgIpc) is 2.54. The van der Waals surface area contributed by atoms with E-state index in [1.165, 1.54) is 5.06 Å². The first-order chi connectivity index (χ1) is 12.1. The van der Waals surface area contributed by atoms with Gasteiger partial charge in [0.2, 0.25) is 0 Å². The first-order valence-corrected chi connectivity index (χ1v) is 10.3. The maximum Gasteiger partial charge on any atom is 0.306 e. The number of hydrogen-bond donors (Lipinski definition) is 1. The Morgan fingerprint density at radius 3 is 2.19 bits per heavy atom. The fraction of sp³-hybridized carbons (Fsp3) is 0.905. The lowest BCUT2D eigenvalue weighted by molar-refractivity contribution is -0.259. The van der Waals surface area contributed by atoms with Crippen LogP contribution in [0.3, 0.4) is 0 Å². The number of aldehydes is 1. The van der Waals surface area contributed by atoms with E-state index in [2.05, 4.69) is 6.92 Å². The summed E-state index contributed by atoms with van der Waals surface area (Å²) in [6.45, 7) is 9.95. The van der Waals surface area contributed by atoms with Crippen LogP contribution in [-0.4, -0.2) is 39.7 Å². The van der Waals surface area contributed by atoms with E-state index < -0.39 is 11.1 Å². The second kappa shape index (κ2) is 10.4. The number of carbonyl (C=O) groups is 2. The monoisotopic (exact) mass is 369 g/mol. The van der Waals surface area contributed by atoms with Gasteiger partial charge in [-0.3, -0.25) is 4.79 Å². The molecule has 0 spiro atoms. The third kappa shape index (κ3) is 7.36. The summed E-state index contributed by atoms with van der Waals surface area (Å²) in [6.07, 6.45) is 9.80. The largest absolute Gasteiger partial charge is 0.462 e. The molecule has 1 saturated heterocycles. The van der Waals surface area contributed by atoms with Gasteiger partial charge in [0.25, 0.3) is 0 Å². The number of unbranched alkanes of at least 4 members (excludes halogenated alkanes) is 4. The molecule has 1 fully saturated rings.